The molecular formula is C20H19N4OP. The Morgan fingerprint density at radius 3 is 1.58 bits per heavy atom. The van der Waals surface area contributed by atoms with Gasteiger partial charge in [0, 0.05) is 35.4 Å². The molecule has 2 heterocycles. The summed E-state index contributed by atoms with van der Waals surface area (Å²) in [6.45, 7) is 0. The molecule has 5 nitrogen and oxygen atoms in total. The molecule has 6 heteroatoms. The summed E-state index contributed by atoms with van der Waals surface area (Å²) < 4.78 is 18.0. The zero-order chi connectivity index (χ0) is 17.8. The molecule has 0 atom stereocenters. The van der Waals surface area contributed by atoms with Crippen LogP contribution in [0.1, 0.15) is 6.17 Å². The molecule has 0 spiro atoms. The molecular weight excluding hydrogens is 343 g/mol. The summed E-state index contributed by atoms with van der Waals surface area (Å²) in [6.07, 6.45) is 7.34. The van der Waals surface area contributed by atoms with Crippen molar-refractivity contribution < 1.29 is 4.57 Å². The lowest BCUT2D eigenvalue weighted by Crippen LogP contribution is -2.28. The van der Waals surface area contributed by atoms with Crippen LogP contribution in [0, 0.1) is 0 Å². The van der Waals surface area contributed by atoms with Gasteiger partial charge in [-0.15, -0.1) is 0 Å². The van der Waals surface area contributed by atoms with Crippen LogP contribution in [0.4, 0.5) is 0 Å². The van der Waals surface area contributed by atoms with Crippen molar-refractivity contribution in [3.63, 3.8) is 0 Å². The molecule has 2 aromatic carbocycles. The predicted octanol–water partition coefficient (Wildman–Crippen LogP) is 3.14. The Bertz CT molecular complexity index is 905. The predicted molar refractivity (Wildman–Crippen MR) is 104 cm³/mol. The third-order valence-corrected chi connectivity index (χ3v) is 7.53. The quantitative estimate of drug-likeness (QED) is 0.495. The van der Waals surface area contributed by atoms with Crippen LogP contribution in [0.3, 0.4) is 0 Å². The number of hydrogen-bond donors (Lipinski definition) is 0. The molecule has 0 aliphatic carbocycles. The van der Waals surface area contributed by atoms with Crippen LogP contribution in [-0.4, -0.2) is 25.7 Å². The van der Waals surface area contributed by atoms with Crippen LogP contribution in [-0.2, 0) is 4.57 Å². The molecule has 0 amide bonds. The van der Waals surface area contributed by atoms with Crippen molar-refractivity contribution in [1.82, 2.24) is 19.6 Å². The minimum atomic E-state index is -2.88. The Balaban J connectivity index is 1.83. The number of rotatable bonds is 6. The normalized spacial score (nSPS) is 11.7. The van der Waals surface area contributed by atoms with E-state index in [4.69, 9.17) is 0 Å². The fourth-order valence-corrected chi connectivity index (χ4v) is 5.95. The van der Waals surface area contributed by atoms with Crippen molar-refractivity contribution in [3.05, 3.63) is 97.6 Å². The van der Waals surface area contributed by atoms with Crippen molar-refractivity contribution in [2.24, 2.45) is 0 Å². The van der Waals surface area contributed by atoms with Gasteiger partial charge in [-0.05, 0) is 12.1 Å². The van der Waals surface area contributed by atoms with E-state index in [-0.39, 0.29) is 6.17 Å². The molecule has 0 saturated heterocycles. The molecule has 0 N–H and O–H groups in total. The van der Waals surface area contributed by atoms with Gasteiger partial charge in [-0.25, -0.2) is 9.36 Å². The first kappa shape index (κ1) is 16.6. The number of hydrogen-bond acceptors (Lipinski definition) is 3. The zero-order valence-electron chi connectivity index (χ0n) is 14.2. The topological polar surface area (TPSA) is 52.7 Å². The minimum absolute atomic E-state index is 0.272. The highest BCUT2D eigenvalue weighted by atomic mass is 31.2. The molecule has 0 aliphatic heterocycles. The molecule has 4 aromatic rings. The van der Waals surface area contributed by atoms with Gasteiger partial charge in [0.25, 0.3) is 0 Å². The minimum Gasteiger partial charge on any atom is -0.313 e. The maximum Gasteiger partial charge on any atom is 0.150 e. The third kappa shape index (κ3) is 3.14. The van der Waals surface area contributed by atoms with Gasteiger partial charge < -0.3 is 4.57 Å². The van der Waals surface area contributed by atoms with E-state index >= 15 is 0 Å². The Morgan fingerprint density at radius 1 is 0.731 bits per heavy atom. The molecule has 26 heavy (non-hydrogen) atoms. The second-order valence-corrected chi connectivity index (χ2v) is 8.92. The summed E-state index contributed by atoms with van der Waals surface area (Å²) in [6, 6.07) is 23.1. The molecule has 0 unspecified atom stereocenters. The Hall–Kier alpha value is -2.91. The average molecular weight is 362 g/mol. The van der Waals surface area contributed by atoms with Crippen molar-refractivity contribution in [3.8, 4) is 0 Å². The largest absolute Gasteiger partial charge is 0.313 e. The van der Waals surface area contributed by atoms with E-state index in [1.807, 2.05) is 94.6 Å². The number of nitrogens with zero attached hydrogens (tertiary/aromatic N) is 4. The zero-order valence-corrected chi connectivity index (χ0v) is 15.1. The summed E-state index contributed by atoms with van der Waals surface area (Å²) in [5.41, 5.74) is 0. The molecule has 130 valence electrons. The molecule has 0 saturated carbocycles. The van der Waals surface area contributed by atoms with E-state index in [0.29, 0.717) is 6.16 Å². The lowest BCUT2D eigenvalue weighted by atomic mass is 10.4. The lowest BCUT2D eigenvalue weighted by Gasteiger charge is -2.25. The van der Waals surface area contributed by atoms with Gasteiger partial charge in [0.1, 0.15) is 7.14 Å². The third-order valence-electron chi connectivity index (χ3n) is 4.43. The van der Waals surface area contributed by atoms with E-state index in [0.717, 1.165) is 10.6 Å². The van der Waals surface area contributed by atoms with Gasteiger partial charge in [0.05, 0.1) is 6.16 Å². The fraction of sp³-hybridized carbons (Fsp3) is 0.100. The molecule has 4 rings (SSSR count). The van der Waals surface area contributed by atoms with E-state index in [9.17, 15) is 4.57 Å². The van der Waals surface area contributed by atoms with Crippen molar-refractivity contribution >= 4 is 17.8 Å². The SMILES string of the molecule is O=P(CC(n1cccn1)n1cccn1)(c1ccccc1)c1ccccc1. The average Bonchev–Trinajstić information content (AvgIpc) is 3.41. The highest BCUT2D eigenvalue weighted by Gasteiger charge is 2.32. The molecule has 0 aliphatic rings. The first-order chi connectivity index (χ1) is 12.8. The van der Waals surface area contributed by atoms with Gasteiger partial charge in [-0.1, -0.05) is 60.7 Å². The second kappa shape index (κ2) is 7.14. The first-order valence-electron chi connectivity index (χ1n) is 8.46. The summed E-state index contributed by atoms with van der Waals surface area (Å²) in [5.74, 6) is 0. The van der Waals surface area contributed by atoms with Crippen LogP contribution < -0.4 is 10.6 Å². The fourth-order valence-electron chi connectivity index (χ4n) is 3.13. The summed E-state index contributed by atoms with van der Waals surface area (Å²) in [4.78, 5) is 0. The highest BCUT2D eigenvalue weighted by Crippen LogP contribution is 2.46. The van der Waals surface area contributed by atoms with E-state index in [1.54, 1.807) is 12.4 Å². The van der Waals surface area contributed by atoms with E-state index in [1.165, 1.54) is 0 Å². The Labute approximate surface area is 152 Å². The van der Waals surface area contributed by atoms with Gasteiger partial charge in [0.2, 0.25) is 0 Å². The summed E-state index contributed by atoms with van der Waals surface area (Å²) in [7, 11) is -2.88. The first-order valence-corrected chi connectivity index (χ1v) is 10.4. The maximum absolute atomic E-state index is 14.3. The van der Waals surface area contributed by atoms with E-state index < -0.39 is 7.14 Å². The molecule has 0 fully saturated rings. The van der Waals surface area contributed by atoms with Crippen molar-refractivity contribution in [1.29, 1.82) is 0 Å². The molecule has 0 radical (unpaired) electrons. The highest BCUT2D eigenvalue weighted by molar-refractivity contribution is 7.78. The van der Waals surface area contributed by atoms with Gasteiger partial charge in [-0.3, -0.25) is 0 Å². The van der Waals surface area contributed by atoms with Crippen LogP contribution in [0.5, 0.6) is 0 Å². The standard InChI is InChI=1S/C20H19N4OP/c25-26(18-9-3-1-4-10-18,19-11-5-2-6-12-19)17-20(23-15-7-13-21-23)24-16-8-14-22-24/h1-16,20H,17H2. The summed E-state index contributed by atoms with van der Waals surface area (Å²) in [5, 5.41) is 10.4. The lowest BCUT2D eigenvalue weighted by molar-refractivity contribution is 0.391. The number of benzene rings is 2. The van der Waals surface area contributed by atoms with Gasteiger partial charge >= 0.3 is 0 Å². The Kier molecular flexibility index (Phi) is 4.55. The van der Waals surface area contributed by atoms with Crippen molar-refractivity contribution in [2.45, 2.75) is 6.17 Å². The maximum atomic E-state index is 14.3. The molecule has 2 aromatic heterocycles. The van der Waals surface area contributed by atoms with E-state index in [2.05, 4.69) is 10.2 Å². The van der Waals surface area contributed by atoms with Crippen LogP contribution in [0.15, 0.2) is 97.6 Å². The molecule has 0 bridgehead atoms. The van der Waals surface area contributed by atoms with Crippen LogP contribution in [0.25, 0.3) is 0 Å². The van der Waals surface area contributed by atoms with Crippen LogP contribution in [0.2, 0.25) is 0 Å². The van der Waals surface area contributed by atoms with Gasteiger partial charge in [0.15, 0.2) is 6.17 Å². The van der Waals surface area contributed by atoms with Crippen molar-refractivity contribution in [2.75, 3.05) is 6.16 Å². The second-order valence-electron chi connectivity index (χ2n) is 6.05. The monoisotopic (exact) mass is 362 g/mol. The smallest absolute Gasteiger partial charge is 0.150 e. The van der Waals surface area contributed by atoms with Gasteiger partial charge in [-0.2, -0.15) is 10.2 Å². The number of aromatic nitrogens is 4. The Morgan fingerprint density at radius 2 is 1.19 bits per heavy atom. The summed E-state index contributed by atoms with van der Waals surface area (Å²) >= 11 is 0. The van der Waals surface area contributed by atoms with Crippen LogP contribution >= 0.6 is 7.14 Å².